The van der Waals surface area contributed by atoms with E-state index in [1.807, 2.05) is 38.1 Å². The van der Waals surface area contributed by atoms with Crippen LogP contribution >= 0.6 is 0 Å². The molecular formula is C25H23N3O4. The Labute approximate surface area is 186 Å². The predicted molar refractivity (Wildman–Crippen MR) is 123 cm³/mol. The summed E-state index contributed by atoms with van der Waals surface area (Å²) < 4.78 is 5.52. The Morgan fingerprint density at radius 2 is 1.38 bits per heavy atom. The molecule has 0 spiro atoms. The second-order valence-corrected chi connectivity index (χ2v) is 7.21. The third kappa shape index (κ3) is 5.89. The third-order valence-corrected chi connectivity index (χ3v) is 4.61. The lowest BCUT2D eigenvalue weighted by Crippen LogP contribution is -2.33. The van der Waals surface area contributed by atoms with Gasteiger partial charge in [-0.05, 0) is 57.2 Å². The third-order valence-electron chi connectivity index (χ3n) is 4.61. The second kappa shape index (κ2) is 10.2. The fraction of sp³-hybridized carbons (Fsp3) is 0.120. The first kappa shape index (κ1) is 22.4. The zero-order valence-electron chi connectivity index (χ0n) is 18.0. The lowest BCUT2D eigenvalue weighted by atomic mass is 10.1. The van der Waals surface area contributed by atoms with Crippen LogP contribution in [0.25, 0.3) is 0 Å². The highest BCUT2D eigenvalue weighted by Crippen LogP contribution is 2.20. The molecule has 0 aliphatic carbocycles. The Hall–Kier alpha value is -4.26. The quantitative estimate of drug-likeness (QED) is 0.211. The van der Waals surface area contributed by atoms with Crippen molar-refractivity contribution < 1.29 is 19.1 Å². The van der Waals surface area contributed by atoms with Crippen LogP contribution in [0.5, 0.6) is 5.75 Å². The van der Waals surface area contributed by atoms with Crippen LogP contribution in [0.4, 0.5) is 5.69 Å². The first-order chi connectivity index (χ1) is 15.3. The molecule has 0 fully saturated rings. The van der Waals surface area contributed by atoms with E-state index in [0.29, 0.717) is 22.5 Å². The number of carbonyl (C=O) groups excluding carboxylic acids is 3. The number of benzene rings is 3. The van der Waals surface area contributed by atoms with Crippen molar-refractivity contribution in [1.29, 1.82) is 0 Å². The predicted octanol–water partition coefficient (Wildman–Crippen LogP) is 4.00. The number of nitrogens with zero attached hydrogens (tertiary/aromatic N) is 1. The molecule has 0 aliphatic rings. The molecule has 0 saturated heterocycles. The zero-order chi connectivity index (χ0) is 23.1. The highest BCUT2D eigenvalue weighted by atomic mass is 16.5. The van der Waals surface area contributed by atoms with E-state index in [1.54, 1.807) is 55.5 Å². The number of hydrogen-bond acceptors (Lipinski definition) is 5. The molecular weight excluding hydrogens is 406 g/mol. The Balaban J connectivity index is 1.67. The fourth-order valence-electron chi connectivity index (χ4n) is 2.77. The molecule has 3 rings (SSSR count). The summed E-state index contributed by atoms with van der Waals surface area (Å²) >= 11 is 0. The second-order valence-electron chi connectivity index (χ2n) is 7.21. The number of hydrazone groups is 1. The normalized spacial score (nSPS) is 10.9. The first-order valence-electron chi connectivity index (χ1n) is 9.94. The zero-order valence-corrected chi connectivity index (χ0v) is 18.0. The van der Waals surface area contributed by atoms with E-state index in [9.17, 15) is 14.4 Å². The maximum absolute atomic E-state index is 12.5. The van der Waals surface area contributed by atoms with Crippen molar-refractivity contribution in [2.24, 2.45) is 5.10 Å². The highest BCUT2D eigenvalue weighted by molar-refractivity contribution is 6.39. The van der Waals surface area contributed by atoms with Crippen LogP contribution in [0.15, 0.2) is 77.9 Å². The number of hydrogen-bond donors (Lipinski definition) is 2. The summed E-state index contributed by atoms with van der Waals surface area (Å²) in [6.07, 6.45) is 0. The number of anilines is 1. The van der Waals surface area contributed by atoms with E-state index >= 15 is 0 Å². The van der Waals surface area contributed by atoms with Gasteiger partial charge in [0.2, 0.25) is 0 Å². The number of amides is 2. The number of rotatable bonds is 5. The number of ether oxygens (including phenoxy) is 1. The lowest BCUT2D eigenvalue weighted by molar-refractivity contribution is -0.136. The van der Waals surface area contributed by atoms with Crippen LogP contribution in [0.3, 0.4) is 0 Å². The molecule has 0 unspecified atom stereocenters. The molecule has 0 aromatic heterocycles. The van der Waals surface area contributed by atoms with Gasteiger partial charge in [-0.25, -0.2) is 10.2 Å². The number of nitrogens with one attached hydrogen (secondary N) is 2. The average molecular weight is 429 g/mol. The Morgan fingerprint density at radius 1 is 0.781 bits per heavy atom. The van der Waals surface area contributed by atoms with Crippen LogP contribution < -0.4 is 15.5 Å². The van der Waals surface area contributed by atoms with Gasteiger partial charge in [-0.2, -0.15) is 5.10 Å². The van der Waals surface area contributed by atoms with Crippen molar-refractivity contribution in [3.8, 4) is 5.75 Å². The summed E-state index contributed by atoms with van der Waals surface area (Å²) in [6.45, 7) is 5.49. The minimum Gasteiger partial charge on any atom is -0.422 e. The molecule has 32 heavy (non-hydrogen) atoms. The molecule has 0 heterocycles. The minimum absolute atomic E-state index is 0.290. The molecule has 0 radical (unpaired) electrons. The van der Waals surface area contributed by atoms with Gasteiger partial charge in [0.1, 0.15) is 5.75 Å². The topological polar surface area (TPSA) is 96.9 Å². The van der Waals surface area contributed by atoms with Gasteiger partial charge in [0.05, 0.1) is 11.3 Å². The van der Waals surface area contributed by atoms with Gasteiger partial charge < -0.3 is 10.1 Å². The van der Waals surface area contributed by atoms with E-state index < -0.39 is 17.8 Å². The van der Waals surface area contributed by atoms with Gasteiger partial charge in [-0.15, -0.1) is 0 Å². The van der Waals surface area contributed by atoms with E-state index in [2.05, 4.69) is 15.8 Å². The molecule has 0 atom stereocenters. The molecule has 7 nitrogen and oxygen atoms in total. The maximum Gasteiger partial charge on any atom is 0.343 e. The summed E-state index contributed by atoms with van der Waals surface area (Å²) in [6, 6.07) is 20.9. The molecule has 0 saturated carbocycles. The van der Waals surface area contributed by atoms with Gasteiger partial charge in [-0.3, -0.25) is 9.59 Å². The van der Waals surface area contributed by atoms with Crippen molar-refractivity contribution in [3.63, 3.8) is 0 Å². The van der Waals surface area contributed by atoms with Crippen molar-refractivity contribution in [3.05, 3.63) is 95.1 Å². The van der Waals surface area contributed by atoms with Crippen molar-refractivity contribution in [2.75, 3.05) is 5.32 Å². The fourth-order valence-corrected chi connectivity index (χ4v) is 2.77. The van der Waals surface area contributed by atoms with Gasteiger partial charge in [0.25, 0.3) is 0 Å². The van der Waals surface area contributed by atoms with Crippen LogP contribution in [0, 0.1) is 13.8 Å². The summed E-state index contributed by atoms with van der Waals surface area (Å²) in [5, 5.41) is 6.49. The van der Waals surface area contributed by atoms with E-state index in [0.717, 1.165) is 11.1 Å². The largest absolute Gasteiger partial charge is 0.422 e. The molecule has 7 heteroatoms. The van der Waals surface area contributed by atoms with Gasteiger partial charge >= 0.3 is 17.8 Å². The van der Waals surface area contributed by atoms with Gasteiger partial charge in [0, 0.05) is 11.3 Å². The summed E-state index contributed by atoms with van der Waals surface area (Å²) in [4.78, 5) is 36.7. The minimum atomic E-state index is -0.918. The molecule has 3 aromatic carbocycles. The molecule has 0 bridgehead atoms. The van der Waals surface area contributed by atoms with E-state index in [-0.39, 0.29) is 5.75 Å². The van der Waals surface area contributed by atoms with Crippen LogP contribution in [-0.2, 0) is 9.59 Å². The number of aryl methyl sites for hydroxylation is 2. The van der Waals surface area contributed by atoms with Crippen LogP contribution in [0.2, 0.25) is 0 Å². The van der Waals surface area contributed by atoms with Gasteiger partial charge in [0.15, 0.2) is 0 Å². The van der Waals surface area contributed by atoms with Crippen LogP contribution in [0.1, 0.15) is 34.0 Å². The Bertz CT molecular complexity index is 1170. The highest BCUT2D eigenvalue weighted by Gasteiger charge is 2.15. The number of carbonyl (C=O) groups is 3. The molecule has 3 aromatic rings. The smallest absolute Gasteiger partial charge is 0.343 e. The Kier molecular flexibility index (Phi) is 7.13. The molecule has 2 amide bonds. The molecule has 162 valence electrons. The van der Waals surface area contributed by atoms with Crippen molar-refractivity contribution in [1.82, 2.24) is 5.43 Å². The average Bonchev–Trinajstić information content (AvgIpc) is 2.79. The lowest BCUT2D eigenvalue weighted by Gasteiger charge is -2.10. The molecule has 2 N–H and O–H groups in total. The van der Waals surface area contributed by atoms with Gasteiger partial charge in [-0.1, -0.05) is 47.5 Å². The standard InChI is InChI=1S/C25H23N3O4/c1-16-8-12-19(13-9-16)25(31)32-22-7-5-4-6-21(22)18(3)27-28-24(30)23(29)26-20-14-10-17(2)11-15-20/h4-15H,1-3H3,(H,26,29)(H,28,30)/b27-18+. The van der Waals surface area contributed by atoms with Crippen molar-refractivity contribution in [2.45, 2.75) is 20.8 Å². The van der Waals surface area contributed by atoms with Crippen molar-refractivity contribution >= 4 is 29.2 Å². The molecule has 0 aliphatic heterocycles. The summed E-state index contributed by atoms with van der Waals surface area (Å²) in [5.74, 6) is -1.98. The van der Waals surface area contributed by atoms with Crippen LogP contribution in [-0.4, -0.2) is 23.5 Å². The maximum atomic E-state index is 12.5. The van der Waals surface area contributed by atoms with E-state index in [4.69, 9.17) is 4.74 Å². The summed E-state index contributed by atoms with van der Waals surface area (Å²) in [5.41, 5.74) is 6.10. The SMILES string of the molecule is C/C(=N\NC(=O)C(=O)Nc1ccc(C)cc1)c1ccccc1OC(=O)c1ccc(C)cc1. The Morgan fingerprint density at radius 3 is 2.03 bits per heavy atom. The number of esters is 1. The first-order valence-corrected chi connectivity index (χ1v) is 9.94. The van der Waals surface area contributed by atoms with E-state index in [1.165, 1.54) is 0 Å². The monoisotopic (exact) mass is 429 g/mol. The number of para-hydroxylation sites is 1. The summed E-state index contributed by atoms with van der Waals surface area (Å²) in [7, 11) is 0.